The zero-order valence-electron chi connectivity index (χ0n) is 17.8. The number of carbonyl (C=O) groups is 1. The Hall–Kier alpha value is -1.52. The van der Waals surface area contributed by atoms with E-state index in [1.807, 2.05) is 30.3 Å². The lowest BCUT2D eigenvalue weighted by Crippen LogP contribution is -2.39. The van der Waals surface area contributed by atoms with E-state index in [-0.39, 0.29) is 31.2 Å². The topological polar surface area (TPSA) is 94.2 Å². The van der Waals surface area contributed by atoms with E-state index < -0.39 is 16.1 Å². The van der Waals surface area contributed by atoms with Gasteiger partial charge in [-0.05, 0) is 12.0 Å². The second-order valence-corrected chi connectivity index (χ2v) is 9.14. The first-order valence-electron chi connectivity index (χ1n) is 10.6. The molecule has 1 aliphatic heterocycles. The number of amides is 1. The highest BCUT2D eigenvalue weighted by atomic mass is 32.2. The Kier molecular flexibility index (Phi) is 11.3. The minimum Gasteiger partial charge on any atom is -0.379 e. The number of unbranched alkanes of at least 4 members (excludes halogenated alkanes) is 1. The largest absolute Gasteiger partial charge is 0.379 e. The summed E-state index contributed by atoms with van der Waals surface area (Å²) in [6, 6.07) is 8.76. The molecule has 1 aliphatic rings. The van der Waals surface area contributed by atoms with Gasteiger partial charge in [0.25, 0.3) is 0 Å². The minimum absolute atomic E-state index is 0.0814. The molecule has 1 aromatic rings. The van der Waals surface area contributed by atoms with Crippen LogP contribution >= 0.6 is 0 Å². The molecule has 9 heteroatoms. The number of rotatable bonds is 14. The Bertz CT molecular complexity index is 713. The van der Waals surface area contributed by atoms with Gasteiger partial charge in [0.15, 0.2) is 0 Å². The first kappa shape index (κ1) is 24.7. The van der Waals surface area contributed by atoms with Crippen LogP contribution in [0, 0.1) is 0 Å². The summed E-state index contributed by atoms with van der Waals surface area (Å²) in [4.78, 5) is 12.0. The van der Waals surface area contributed by atoms with E-state index in [0.717, 1.165) is 25.0 Å². The molecule has 0 saturated carbocycles. The molecule has 1 heterocycles. The Morgan fingerprint density at radius 1 is 1.00 bits per heavy atom. The number of nitrogens with zero attached hydrogens (tertiary/aromatic N) is 1. The van der Waals surface area contributed by atoms with Crippen molar-refractivity contribution in [1.29, 1.82) is 0 Å². The summed E-state index contributed by atoms with van der Waals surface area (Å²) in [5.41, 5.74) is 0.814. The second kappa shape index (κ2) is 13.7. The van der Waals surface area contributed by atoms with Gasteiger partial charge in [-0.3, -0.25) is 4.79 Å². The Labute approximate surface area is 179 Å². The van der Waals surface area contributed by atoms with Crippen LogP contribution in [0.4, 0.5) is 0 Å². The van der Waals surface area contributed by atoms with Crippen molar-refractivity contribution in [1.82, 2.24) is 9.62 Å². The molecule has 30 heavy (non-hydrogen) atoms. The molecule has 1 saturated heterocycles. The average molecular weight is 443 g/mol. The first-order valence-corrected chi connectivity index (χ1v) is 12.2. The summed E-state index contributed by atoms with van der Waals surface area (Å²) in [5, 5.41) is 2.76. The fraction of sp³-hybridized carbons (Fsp3) is 0.667. The summed E-state index contributed by atoms with van der Waals surface area (Å²) in [6.45, 7) is 5.26. The van der Waals surface area contributed by atoms with E-state index in [2.05, 4.69) is 12.2 Å². The van der Waals surface area contributed by atoms with Crippen molar-refractivity contribution >= 4 is 15.9 Å². The van der Waals surface area contributed by atoms with Crippen molar-refractivity contribution in [3.8, 4) is 0 Å². The molecule has 0 radical (unpaired) electrons. The molecule has 0 bridgehead atoms. The lowest BCUT2D eigenvalue weighted by atomic mass is 10.0. The molecule has 0 unspecified atom stereocenters. The SMILES string of the molecule is CCCCOCCOCCOCCS(=O)(=O)N1CCNC(=O)C[C@@H]1c1ccccc1. The van der Waals surface area contributed by atoms with Crippen molar-refractivity contribution < 1.29 is 27.4 Å². The molecule has 8 nitrogen and oxygen atoms in total. The van der Waals surface area contributed by atoms with Gasteiger partial charge in [0, 0.05) is 26.1 Å². The maximum Gasteiger partial charge on any atom is 0.222 e. The van der Waals surface area contributed by atoms with Crippen LogP contribution in [0.2, 0.25) is 0 Å². The average Bonchev–Trinajstić information content (AvgIpc) is 2.94. The van der Waals surface area contributed by atoms with Crippen LogP contribution in [0.3, 0.4) is 0 Å². The van der Waals surface area contributed by atoms with E-state index in [0.29, 0.717) is 33.0 Å². The molecule has 170 valence electrons. The predicted molar refractivity (Wildman–Crippen MR) is 115 cm³/mol. The number of benzene rings is 1. The maximum atomic E-state index is 12.9. The molecule has 0 aromatic heterocycles. The van der Waals surface area contributed by atoms with Crippen LogP contribution < -0.4 is 5.32 Å². The third kappa shape index (κ3) is 8.69. The van der Waals surface area contributed by atoms with Gasteiger partial charge < -0.3 is 19.5 Å². The summed E-state index contributed by atoms with van der Waals surface area (Å²) in [6.07, 6.45) is 2.26. The number of sulfonamides is 1. The number of carbonyl (C=O) groups excluding carboxylic acids is 1. The summed E-state index contributed by atoms with van der Waals surface area (Å²) in [7, 11) is -3.58. The molecule has 0 spiro atoms. The zero-order chi connectivity index (χ0) is 21.7. The molecule has 1 atom stereocenters. The molecular formula is C21H34N2O6S. The second-order valence-electron chi connectivity index (χ2n) is 7.10. The predicted octanol–water partition coefficient (Wildman–Crippen LogP) is 1.73. The molecule has 1 aromatic carbocycles. The molecule has 1 amide bonds. The number of nitrogens with one attached hydrogen (secondary N) is 1. The molecule has 0 aliphatic carbocycles. The standard InChI is InChI=1S/C21H34N2O6S/c1-2-3-11-27-12-13-28-14-15-29-16-17-30(25,26)23-10-9-22-21(24)18-20(23)19-7-5-4-6-8-19/h4-8,20H,2-3,9-18H2,1H3,(H,22,24)/t20-/m1/s1. The van der Waals surface area contributed by atoms with Gasteiger partial charge in [-0.25, -0.2) is 8.42 Å². The van der Waals surface area contributed by atoms with E-state index in [9.17, 15) is 13.2 Å². The fourth-order valence-corrected chi connectivity index (χ4v) is 4.69. The van der Waals surface area contributed by atoms with Crippen LogP contribution in [0.25, 0.3) is 0 Å². The van der Waals surface area contributed by atoms with Crippen LogP contribution in [0.15, 0.2) is 30.3 Å². The normalized spacial score (nSPS) is 18.2. The lowest BCUT2D eigenvalue weighted by Gasteiger charge is -2.28. The van der Waals surface area contributed by atoms with Gasteiger partial charge in [-0.15, -0.1) is 0 Å². The number of ether oxygens (including phenoxy) is 3. The van der Waals surface area contributed by atoms with Crippen LogP contribution in [0.5, 0.6) is 0 Å². The third-order valence-electron chi connectivity index (χ3n) is 4.79. The zero-order valence-corrected chi connectivity index (χ0v) is 18.6. The van der Waals surface area contributed by atoms with E-state index >= 15 is 0 Å². The minimum atomic E-state index is -3.58. The van der Waals surface area contributed by atoms with Gasteiger partial charge in [-0.2, -0.15) is 4.31 Å². The Balaban J connectivity index is 1.75. The Morgan fingerprint density at radius 3 is 2.30 bits per heavy atom. The van der Waals surface area contributed by atoms with Gasteiger partial charge in [0.1, 0.15) is 0 Å². The molecule has 1 fully saturated rings. The smallest absolute Gasteiger partial charge is 0.222 e. The highest BCUT2D eigenvalue weighted by Gasteiger charge is 2.34. The molecule has 1 N–H and O–H groups in total. The van der Waals surface area contributed by atoms with E-state index in [1.54, 1.807) is 0 Å². The van der Waals surface area contributed by atoms with Crippen molar-refractivity contribution in [2.45, 2.75) is 32.2 Å². The third-order valence-corrected chi connectivity index (χ3v) is 6.63. The summed E-state index contributed by atoms with van der Waals surface area (Å²) in [5.74, 6) is -0.279. The van der Waals surface area contributed by atoms with E-state index in [4.69, 9.17) is 14.2 Å². The van der Waals surface area contributed by atoms with Gasteiger partial charge in [0.2, 0.25) is 15.9 Å². The quantitative estimate of drug-likeness (QED) is 0.441. The van der Waals surface area contributed by atoms with Crippen molar-refractivity contribution in [2.75, 3.05) is 58.5 Å². The highest BCUT2D eigenvalue weighted by Crippen LogP contribution is 2.28. The maximum absolute atomic E-state index is 12.9. The first-order chi connectivity index (χ1) is 14.5. The lowest BCUT2D eigenvalue weighted by molar-refractivity contribution is -0.121. The summed E-state index contributed by atoms with van der Waals surface area (Å²) >= 11 is 0. The van der Waals surface area contributed by atoms with Gasteiger partial charge in [0.05, 0.1) is 44.8 Å². The van der Waals surface area contributed by atoms with E-state index in [1.165, 1.54) is 4.31 Å². The molecular weight excluding hydrogens is 408 g/mol. The van der Waals surface area contributed by atoms with Crippen molar-refractivity contribution in [3.05, 3.63) is 35.9 Å². The van der Waals surface area contributed by atoms with Crippen LogP contribution in [0.1, 0.15) is 37.8 Å². The van der Waals surface area contributed by atoms with Crippen LogP contribution in [-0.4, -0.2) is 77.1 Å². The monoisotopic (exact) mass is 442 g/mol. The highest BCUT2D eigenvalue weighted by molar-refractivity contribution is 7.89. The van der Waals surface area contributed by atoms with Gasteiger partial charge in [-0.1, -0.05) is 43.7 Å². The summed E-state index contributed by atoms with van der Waals surface area (Å²) < 4.78 is 43.6. The fourth-order valence-electron chi connectivity index (χ4n) is 3.17. The Morgan fingerprint density at radius 2 is 1.63 bits per heavy atom. The van der Waals surface area contributed by atoms with Crippen molar-refractivity contribution in [3.63, 3.8) is 0 Å². The van der Waals surface area contributed by atoms with Gasteiger partial charge >= 0.3 is 0 Å². The van der Waals surface area contributed by atoms with Crippen LogP contribution in [-0.2, 0) is 29.0 Å². The number of hydrogen-bond acceptors (Lipinski definition) is 6. The molecule has 2 rings (SSSR count). The number of hydrogen-bond donors (Lipinski definition) is 1. The van der Waals surface area contributed by atoms with Crippen molar-refractivity contribution in [2.24, 2.45) is 0 Å².